The van der Waals surface area contributed by atoms with E-state index >= 15 is 0 Å². The zero-order valence-electron chi connectivity index (χ0n) is 13.1. The van der Waals surface area contributed by atoms with Crippen LogP contribution in [0, 0.1) is 5.41 Å². The molecule has 2 heterocycles. The van der Waals surface area contributed by atoms with Crippen molar-refractivity contribution in [3.8, 4) is 0 Å². The molecule has 0 unspecified atom stereocenters. The number of rotatable bonds is 5. The van der Waals surface area contributed by atoms with Crippen LogP contribution >= 0.6 is 11.8 Å². The molecule has 0 fully saturated rings. The van der Waals surface area contributed by atoms with E-state index in [-0.39, 0.29) is 0 Å². The first-order valence-corrected chi connectivity index (χ1v) is 8.53. The maximum Gasteiger partial charge on any atom is 0.156 e. The molecule has 0 spiro atoms. The Morgan fingerprint density at radius 2 is 2.10 bits per heavy atom. The van der Waals surface area contributed by atoms with Crippen LogP contribution in [0.2, 0.25) is 0 Å². The molecule has 0 radical (unpaired) electrons. The number of hydrogen-bond acceptors (Lipinski definition) is 4. The summed E-state index contributed by atoms with van der Waals surface area (Å²) >= 11 is 1.87. The van der Waals surface area contributed by atoms with Gasteiger partial charge in [-0.05, 0) is 24.7 Å². The van der Waals surface area contributed by atoms with Gasteiger partial charge in [-0.2, -0.15) is 5.10 Å². The van der Waals surface area contributed by atoms with Crippen LogP contribution in [0.3, 0.4) is 0 Å². The summed E-state index contributed by atoms with van der Waals surface area (Å²) in [5.74, 6) is 1.18. The maximum atomic E-state index is 4.74. The highest BCUT2D eigenvalue weighted by molar-refractivity contribution is 8.13. The van der Waals surface area contributed by atoms with Crippen molar-refractivity contribution in [1.82, 2.24) is 15.1 Å². The Labute approximate surface area is 126 Å². The van der Waals surface area contributed by atoms with Crippen LogP contribution in [-0.2, 0) is 20.0 Å². The predicted molar refractivity (Wildman–Crippen MR) is 87.2 cm³/mol. The van der Waals surface area contributed by atoms with Crippen molar-refractivity contribution in [2.24, 2.45) is 17.5 Å². The number of nitrogens with zero attached hydrogens (tertiary/aromatic N) is 3. The van der Waals surface area contributed by atoms with E-state index in [1.807, 2.05) is 23.5 Å². The van der Waals surface area contributed by atoms with Gasteiger partial charge >= 0.3 is 0 Å². The minimum Gasteiger partial charge on any atom is -0.361 e. The zero-order chi connectivity index (χ0) is 14.6. The maximum absolute atomic E-state index is 4.74. The number of aryl methyl sites for hydroxylation is 2. The molecule has 20 heavy (non-hydrogen) atoms. The minimum absolute atomic E-state index is 0.415. The summed E-state index contributed by atoms with van der Waals surface area (Å²) in [6.07, 6.45) is 5.51. The molecule has 0 bridgehead atoms. The average Bonchev–Trinajstić information content (AvgIpc) is 2.86. The Kier molecular flexibility index (Phi) is 5.13. The summed E-state index contributed by atoms with van der Waals surface area (Å²) in [5, 5.41) is 9.04. The molecule has 5 heteroatoms. The standard InChI is InChI=1S/C15H26N4S/c1-5-13-12(9-19(4)18-13)8-16-14-17-10-15(6-2,7-3)11-20-14/h9H,5-8,10-11H2,1-4H3,(H,16,17). The molecule has 0 saturated heterocycles. The van der Waals surface area contributed by atoms with Gasteiger partial charge in [0.1, 0.15) is 0 Å². The summed E-state index contributed by atoms with van der Waals surface area (Å²) in [7, 11) is 1.98. The van der Waals surface area contributed by atoms with Gasteiger partial charge < -0.3 is 5.32 Å². The van der Waals surface area contributed by atoms with Crippen molar-refractivity contribution < 1.29 is 0 Å². The molecule has 112 valence electrons. The molecule has 1 aliphatic rings. The lowest BCUT2D eigenvalue weighted by Gasteiger charge is -2.33. The second-order valence-electron chi connectivity index (χ2n) is 5.60. The fourth-order valence-corrected chi connectivity index (χ4v) is 3.81. The lowest BCUT2D eigenvalue weighted by atomic mass is 9.84. The highest BCUT2D eigenvalue weighted by Gasteiger charge is 2.30. The number of aliphatic imine (C=N–C) groups is 1. The molecule has 0 aliphatic carbocycles. The molecular weight excluding hydrogens is 268 g/mol. The highest BCUT2D eigenvalue weighted by atomic mass is 32.2. The first kappa shape index (κ1) is 15.4. The SMILES string of the molecule is CCc1nn(C)cc1CNC1=NCC(CC)(CC)CS1. The predicted octanol–water partition coefficient (Wildman–Crippen LogP) is 2.98. The van der Waals surface area contributed by atoms with Crippen molar-refractivity contribution in [3.05, 3.63) is 17.5 Å². The normalized spacial score (nSPS) is 17.9. The number of nitrogens with one attached hydrogen (secondary N) is 1. The molecule has 0 aromatic carbocycles. The quantitative estimate of drug-likeness (QED) is 0.908. The van der Waals surface area contributed by atoms with E-state index in [2.05, 4.69) is 37.4 Å². The topological polar surface area (TPSA) is 42.2 Å². The Hall–Kier alpha value is -0.970. The number of amidine groups is 1. The van der Waals surface area contributed by atoms with Crippen molar-refractivity contribution in [2.75, 3.05) is 12.3 Å². The van der Waals surface area contributed by atoms with Gasteiger partial charge in [0.05, 0.1) is 5.69 Å². The Morgan fingerprint density at radius 1 is 1.35 bits per heavy atom. The molecule has 4 nitrogen and oxygen atoms in total. The lowest BCUT2D eigenvalue weighted by molar-refractivity contribution is 0.318. The van der Waals surface area contributed by atoms with Gasteiger partial charge in [-0.25, -0.2) is 0 Å². The lowest BCUT2D eigenvalue weighted by Crippen LogP contribution is -2.34. The van der Waals surface area contributed by atoms with Gasteiger partial charge in [-0.3, -0.25) is 9.67 Å². The van der Waals surface area contributed by atoms with Gasteiger partial charge in [-0.1, -0.05) is 32.5 Å². The van der Waals surface area contributed by atoms with Crippen LogP contribution in [0.15, 0.2) is 11.2 Å². The second-order valence-corrected chi connectivity index (χ2v) is 6.56. The van der Waals surface area contributed by atoms with E-state index in [1.54, 1.807) is 0 Å². The van der Waals surface area contributed by atoms with Crippen LogP contribution < -0.4 is 5.32 Å². The Balaban J connectivity index is 1.94. The molecule has 0 saturated carbocycles. The van der Waals surface area contributed by atoms with Crippen LogP contribution in [0.1, 0.15) is 44.9 Å². The summed E-state index contributed by atoms with van der Waals surface area (Å²) in [5.41, 5.74) is 2.87. The molecule has 1 N–H and O–H groups in total. The third kappa shape index (κ3) is 3.37. The Bertz CT molecular complexity index is 474. The van der Waals surface area contributed by atoms with Crippen molar-refractivity contribution >= 4 is 16.9 Å². The minimum atomic E-state index is 0.415. The van der Waals surface area contributed by atoms with Crippen LogP contribution in [-0.4, -0.2) is 27.2 Å². The van der Waals surface area contributed by atoms with Gasteiger partial charge in [0, 0.05) is 37.7 Å². The van der Waals surface area contributed by atoms with E-state index in [4.69, 9.17) is 4.99 Å². The number of hydrogen-bond donors (Lipinski definition) is 1. The van der Waals surface area contributed by atoms with Crippen LogP contribution in [0.25, 0.3) is 0 Å². The third-order valence-electron chi connectivity index (χ3n) is 4.33. The largest absolute Gasteiger partial charge is 0.361 e. The van der Waals surface area contributed by atoms with E-state index in [1.165, 1.54) is 29.9 Å². The zero-order valence-corrected chi connectivity index (χ0v) is 13.9. The fourth-order valence-electron chi connectivity index (χ4n) is 2.54. The number of thioether (sulfide) groups is 1. The molecule has 0 atom stereocenters. The Morgan fingerprint density at radius 3 is 2.65 bits per heavy atom. The average molecular weight is 294 g/mol. The summed E-state index contributed by atoms with van der Waals surface area (Å²) < 4.78 is 1.89. The van der Waals surface area contributed by atoms with Gasteiger partial charge in [0.2, 0.25) is 0 Å². The molecule has 2 rings (SSSR count). The molecular formula is C15H26N4S. The van der Waals surface area contributed by atoms with Crippen LogP contribution in [0.5, 0.6) is 0 Å². The van der Waals surface area contributed by atoms with Crippen LogP contribution in [0.4, 0.5) is 0 Å². The monoisotopic (exact) mass is 294 g/mol. The van der Waals surface area contributed by atoms with Crippen molar-refractivity contribution in [2.45, 2.75) is 46.6 Å². The van der Waals surface area contributed by atoms with E-state index in [0.29, 0.717) is 5.41 Å². The van der Waals surface area contributed by atoms with E-state index in [9.17, 15) is 0 Å². The molecule has 0 amide bonds. The van der Waals surface area contributed by atoms with E-state index in [0.717, 1.165) is 24.7 Å². The molecule has 1 aromatic rings. The summed E-state index contributed by atoms with van der Waals surface area (Å²) in [6.45, 7) is 8.50. The summed E-state index contributed by atoms with van der Waals surface area (Å²) in [4.78, 5) is 4.74. The van der Waals surface area contributed by atoms with E-state index < -0.39 is 0 Å². The van der Waals surface area contributed by atoms with Gasteiger partial charge in [0.15, 0.2) is 5.17 Å². The highest BCUT2D eigenvalue weighted by Crippen LogP contribution is 2.34. The third-order valence-corrected chi connectivity index (χ3v) is 5.63. The first-order chi connectivity index (χ1) is 9.62. The second kappa shape index (κ2) is 6.66. The van der Waals surface area contributed by atoms with Gasteiger partial charge in [0.25, 0.3) is 0 Å². The van der Waals surface area contributed by atoms with Crippen molar-refractivity contribution in [3.63, 3.8) is 0 Å². The molecule has 1 aliphatic heterocycles. The fraction of sp³-hybridized carbons (Fsp3) is 0.733. The van der Waals surface area contributed by atoms with Gasteiger partial charge in [-0.15, -0.1) is 0 Å². The van der Waals surface area contributed by atoms with Crippen molar-refractivity contribution in [1.29, 1.82) is 0 Å². The molecule has 1 aromatic heterocycles. The summed E-state index contributed by atoms with van der Waals surface area (Å²) in [6, 6.07) is 0. The first-order valence-electron chi connectivity index (χ1n) is 7.55. The smallest absolute Gasteiger partial charge is 0.156 e. The number of aromatic nitrogens is 2.